The van der Waals surface area contributed by atoms with E-state index in [-0.39, 0.29) is 6.10 Å². The van der Waals surface area contributed by atoms with E-state index in [0.717, 1.165) is 27.9 Å². The highest BCUT2D eigenvalue weighted by Crippen LogP contribution is 2.35. The largest absolute Gasteiger partial charge is 0.362 e. The Balaban J connectivity index is 1.53. The number of benzene rings is 4. The van der Waals surface area contributed by atoms with Crippen LogP contribution in [0.2, 0.25) is 5.02 Å². The Kier molecular flexibility index (Phi) is 6.14. The Morgan fingerprint density at radius 1 is 0.971 bits per heavy atom. The number of hydrogen-bond donors (Lipinski definition) is 0. The van der Waals surface area contributed by atoms with Crippen LogP contribution in [0.3, 0.4) is 0 Å². The van der Waals surface area contributed by atoms with Crippen LogP contribution < -0.4 is 0 Å². The van der Waals surface area contributed by atoms with Gasteiger partial charge < -0.3 is 9.30 Å². The third-order valence-electron chi connectivity index (χ3n) is 6.02. The molecule has 34 heavy (non-hydrogen) atoms. The highest BCUT2D eigenvalue weighted by molar-refractivity contribution is 6.31. The fourth-order valence-corrected chi connectivity index (χ4v) is 4.44. The number of imidazole rings is 1. The van der Waals surface area contributed by atoms with Crippen LogP contribution >= 0.6 is 11.6 Å². The van der Waals surface area contributed by atoms with Crippen LogP contribution in [0, 0.1) is 11.3 Å². The van der Waals surface area contributed by atoms with Crippen LogP contribution in [0.4, 0.5) is 0 Å². The fourth-order valence-electron chi connectivity index (χ4n) is 4.26. The predicted octanol–water partition coefficient (Wildman–Crippen LogP) is 7.07. The summed E-state index contributed by atoms with van der Waals surface area (Å²) in [6, 6.07) is 30.2. The van der Waals surface area contributed by atoms with Crippen molar-refractivity contribution < 1.29 is 4.74 Å². The Morgan fingerprint density at radius 3 is 2.53 bits per heavy atom. The highest BCUT2D eigenvalue weighted by Gasteiger charge is 2.20. The third-order valence-corrected chi connectivity index (χ3v) is 6.26. The molecule has 5 rings (SSSR count). The van der Waals surface area contributed by atoms with Gasteiger partial charge in [0.2, 0.25) is 0 Å². The number of aromatic nitrogens is 2. The van der Waals surface area contributed by atoms with Gasteiger partial charge in [0, 0.05) is 12.1 Å². The molecule has 0 aliphatic carbocycles. The number of nitriles is 1. The first kappa shape index (κ1) is 21.9. The number of rotatable bonds is 6. The van der Waals surface area contributed by atoms with E-state index in [2.05, 4.69) is 47.5 Å². The maximum Gasteiger partial charge on any atom is 0.124 e. The molecule has 0 bridgehead atoms. The van der Waals surface area contributed by atoms with E-state index in [4.69, 9.17) is 16.3 Å². The standard InChI is InChI=1S/C29H22ClN3O/c1-33-19-32-17-28(33)29(22-11-9-20(16-31)10-12-22)34-18-23-13-14-24(30)15-27(23)26-8-4-6-21-5-2-3-7-25(21)26/h2-15,17,19,29H,18H2,1H3. The molecule has 4 nitrogen and oxygen atoms in total. The quantitative estimate of drug-likeness (QED) is 0.270. The maximum absolute atomic E-state index is 9.18. The molecule has 0 aliphatic heterocycles. The summed E-state index contributed by atoms with van der Waals surface area (Å²) in [5, 5.41) is 12.2. The molecule has 1 unspecified atom stereocenters. The predicted molar refractivity (Wildman–Crippen MR) is 135 cm³/mol. The number of ether oxygens (including phenoxy) is 1. The Labute approximate surface area is 203 Å². The van der Waals surface area contributed by atoms with E-state index >= 15 is 0 Å². The van der Waals surface area contributed by atoms with E-state index < -0.39 is 0 Å². The van der Waals surface area contributed by atoms with Crippen LogP contribution in [-0.2, 0) is 18.4 Å². The maximum atomic E-state index is 9.18. The lowest BCUT2D eigenvalue weighted by atomic mass is 9.95. The molecule has 5 heteroatoms. The van der Waals surface area contributed by atoms with Gasteiger partial charge in [0.25, 0.3) is 0 Å². The van der Waals surface area contributed by atoms with Gasteiger partial charge in [-0.15, -0.1) is 0 Å². The zero-order valence-electron chi connectivity index (χ0n) is 18.6. The van der Waals surface area contributed by atoms with Gasteiger partial charge in [-0.2, -0.15) is 5.26 Å². The van der Waals surface area contributed by atoms with Gasteiger partial charge in [0.05, 0.1) is 36.5 Å². The molecule has 0 aliphatic rings. The average Bonchev–Trinajstić information content (AvgIpc) is 3.30. The molecule has 0 radical (unpaired) electrons. The molecular formula is C29H22ClN3O. The Morgan fingerprint density at radius 2 is 1.76 bits per heavy atom. The molecule has 0 fully saturated rings. The lowest BCUT2D eigenvalue weighted by molar-refractivity contribution is 0.0624. The second kappa shape index (κ2) is 9.52. The van der Waals surface area contributed by atoms with Crippen molar-refractivity contribution >= 4 is 22.4 Å². The van der Waals surface area contributed by atoms with Gasteiger partial charge in [0.15, 0.2) is 0 Å². The topological polar surface area (TPSA) is 50.8 Å². The fraction of sp³-hybridized carbons (Fsp3) is 0.103. The van der Waals surface area contributed by atoms with Crippen molar-refractivity contribution in [1.29, 1.82) is 5.26 Å². The molecular weight excluding hydrogens is 442 g/mol. The molecule has 5 aromatic rings. The molecule has 1 atom stereocenters. The van der Waals surface area contributed by atoms with Crippen LogP contribution in [0.5, 0.6) is 0 Å². The average molecular weight is 464 g/mol. The Hall–Kier alpha value is -3.91. The van der Waals surface area contributed by atoms with Crippen molar-refractivity contribution in [2.75, 3.05) is 0 Å². The zero-order valence-corrected chi connectivity index (χ0v) is 19.4. The van der Waals surface area contributed by atoms with Crippen LogP contribution in [0.1, 0.15) is 28.5 Å². The SMILES string of the molecule is Cn1cncc1C(OCc1ccc(Cl)cc1-c1cccc2ccccc12)c1ccc(C#N)cc1. The minimum atomic E-state index is -0.337. The van der Waals surface area contributed by atoms with Crippen molar-refractivity contribution in [3.63, 3.8) is 0 Å². The number of fused-ring (bicyclic) bond motifs is 1. The second-order valence-electron chi connectivity index (χ2n) is 8.18. The summed E-state index contributed by atoms with van der Waals surface area (Å²) < 4.78 is 8.49. The molecule has 1 heterocycles. The van der Waals surface area contributed by atoms with Gasteiger partial charge in [-0.1, -0.05) is 72.3 Å². The van der Waals surface area contributed by atoms with Crippen LogP contribution in [0.25, 0.3) is 21.9 Å². The molecule has 1 aromatic heterocycles. The molecule has 166 valence electrons. The monoisotopic (exact) mass is 463 g/mol. The molecule has 0 saturated heterocycles. The smallest absolute Gasteiger partial charge is 0.124 e. The number of halogens is 1. The van der Waals surface area contributed by atoms with Gasteiger partial charge in [-0.3, -0.25) is 0 Å². The number of hydrogen-bond acceptors (Lipinski definition) is 3. The number of aryl methyl sites for hydroxylation is 1. The summed E-state index contributed by atoms with van der Waals surface area (Å²) in [7, 11) is 1.95. The molecule has 0 amide bonds. The van der Waals surface area contributed by atoms with Gasteiger partial charge in [-0.25, -0.2) is 4.98 Å². The van der Waals surface area contributed by atoms with E-state index in [1.54, 1.807) is 6.33 Å². The first-order chi connectivity index (χ1) is 16.6. The van der Waals surface area contributed by atoms with Gasteiger partial charge in [-0.05, 0) is 57.3 Å². The van der Waals surface area contributed by atoms with Crippen LogP contribution in [0.15, 0.2) is 97.5 Å². The third kappa shape index (κ3) is 4.32. The van der Waals surface area contributed by atoms with Crippen molar-refractivity contribution in [3.8, 4) is 17.2 Å². The van der Waals surface area contributed by atoms with Crippen molar-refractivity contribution in [2.24, 2.45) is 7.05 Å². The minimum Gasteiger partial charge on any atom is -0.362 e. The van der Waals surface area contributed by atoms with Gasteiger partial charge in [0.1, 0.15) is 6.10 Å². The van der Waals surface area contributed by atoms with E-state index in [1.165, 1.54) is 10.8 Å². The van der Waals surface area contributed by atoms with E-state index in [9.17, 15) is 5.26 Å². The lowest BCUT2D eigenvalue weighted by Crippen LogP contribution is -2.11. The first-order valence-electron chi connectivity index (χ1n) is 11.0. The van der Waals surface area contributed by atoms with Gasteiger partial charge >= 0.3 is 0 Å². The molecule has 0 N–H and O–H groups in total. The van der Waals surface area contributed by atoms with Crippen molar-refractivity contribution in [3.05, 3.63) is 125 Å². The normalized spacial score (nSPS) is 11.9. The zero-order chi connectivity index (χ0) is 23.5. The van der Waals surface area contributed by atoms with E-state index in [0.29, 0.717) is 17.2 Å². The molecule has 4 aromatic carbocycles. The highest BCUT2D eigenvalue weighted by atomic mass is 35.5. The summed E-state index contributed by atoms with van der Waals surface area (Å²) >= 11 is 6.43. The molecule has 0 saturated carbocycles. The summed E-state index contributed by atoms with van der Waals surface area (Å²) in [5.74, 6) is 0. The molecule has 0 spiro atoms. The lowest BCUT2D eigenvalue weighted by Gasteiger charge is -2.21. The van der Waals surface area contributed by atoms with Crippen molar-refractivity contribution in [1.82, 2.24) is 9.55 Å². The summed E-state index contributed by atoms with van der Waals surface area (Å²) in [6.07, 6.45) is 3.24. The Bertz CT molecular complexity index is 1490. The summed E-state index contributed by atoms with van der Waals surface area (Å²) in [4.78, 5) is 4.28. The first-order valence-corrected chi connectivity index (χ1v) is 11.4. The number of nitrogens with zero attached hydrogens (tertiary/aromatic N) is 3. The summed E-state index contributed by atoms with van der Waals surface area (Å²) in [5.41, 5.74) is 5.72. The summed E-state index contributed by atoms with van der Waals surface area (Å²) in [6.45, 7) is 0.381. The van der Waals surface area contributed by atoms with Crippen LogP contribution in [-0.4, -0.2) is 9.55 Å². The minimum absolute atomic E-state index is 0.337. The second-order valence-corrected chi connectivity index (χ2v) is 8.62. The van der Waals surface area contributed by atoms with E-state index in [1.807, 2.05) is 66.3 Å². The van der Waals surface area contributed by atoms with Crippen molar-refractivity contribution in [2.45, 2.75) is 12.7 Å².